The van der Waals surface area contributed by atoms with E-state index in [1.807, 2.05) is 0 Å². The fourth-order valence-corrected chi connectivity index (χ4v) is 3.27. The number of hydrogen-bond acceptors (Lipinski definition) is 5. The first-order valence-electron chi connectivity index (χ1n) is 7.73. The van der Waals surface area contributed by atoms with Crippen molar-refractivity contribution in [2.24, 2.45) is 5.73 Å². The monoisotopic (exact) mass is 365 g/mol. The SMILES string of the molecule is CCS(=O)(=O)N(Cc1ccc(C(=O)CN)cn1)c1ccc(C)c(F)c1. The summed E-state index contributed by atoms with van der Waals surface area (Å²) in [6.45, 7) is 2.94. The van der Waals surface area contributed by atoms with Crippen LogP contribution in [0.3, 0.4) is 0 Å². The molecule has 1 aromatic heterocycles. The van der Waals surface area contributed by atoms with E-state index in [0.717, 1.165) is 4.31 Å². The van der Waals surface area contributed by atoms with Crippen LogP contribution >= 0.6 is 0 Å². The van der Waals surface area contributed by atoms with Crippen molar-refractivity contribution in [1.29, 1.82) is 0 Å². The molecule has 0 amide bonds. The number of sulfonamides is 1. The summed E-state index contributed by atoms with van der Waals surface area (Å²) in [5.74, 6) is -0.866. The Balaban J connectivity index is 2.37. The smallest absolute Gasteiger partial charge is 0.235 e. The lowest BCUT2D eigenvalue weighted by Crippen LogP contribution is -2.32. The van der Waals surface area contributed by atoms with Crippen molar-refractivity contribution in [3.63, 3.8) is 0 Å². The first-order valence-corrected chi connectivity index (χ1v) is 9.34. The highest BCUT2D eigenvalue weighted by molar-refractivity contribution is 7.92. The highest BCUT2D eigenvalue weighted by Gasteiger charge is 2.22. The van der Waals surface area contributed by atoms with Gasteiger partial charge in [-0.25, -0.2) is 12.8 Å². The largest absolute Gasteiger partial charge is 0.324 e. The van der Waals surface area contributed by atoms with Gasteiger partial charge in [0, 0.05) is 11.8 Å². The molecule has 0 radical (unpaired) electrons. The lowest BCUT2D eigenvalue weighted by molar-refractivity contribution is 0.100. The van der Waals surface area contributed by atoms with Crippen molar-refractivity contribution >= 4 is 21.5 Å². The molecule has 0 aliphatic heterocycles. The number of nitrogens with two attached hydrogens (primary N) is 1. The number of nitrogens with zero attached hydrogens (tertiary/aromatic N) is 2. The van der Waals surface area contributed by atoms with Crippen LogP contribution in [-0.2, 0) is 16.6 Å². The van der Waals surface area contributed by atoms with Crippen LogP contribution in [0.5, 0.6) is 0 Å². The molecule has 25 heavy (non-hydrogen) atoms. The van der Waals surface area contributed by atoms with Gasteiger partial charge >= 0.3 is 0 Å². The third-order valence-corrected chi connectivity index (χ3v) is 5.52. The van der Waals surface area contributed by atoms with Gasteiger partial charge in [0.25, 0.3) is 0 Å². The van der Waals surface area contributed by atoms with E-state index in [2.05, 4.69) is 4.98 Å². The highest BCUT2D eigenvalue weighted by Crippen LogP contribution is 2.23. The summed E-state index contributed by atoms with van der Waals surface area (Å²) in [6.07, 6.45) is 1.36. The first-order chi connectivity index (χ1) is 11.8. The standard InChI is InChI=1S/C17H20FN3O3S/c1-3-25(23,24)21(15-7-4-12(2)16(18)8-15)11-14-6-5-13(10-20-14)17(22)9-19/h4-8,10H,3,9,11,19H2,1-2H3. The zero-order valence-corrected chi connectivity index (χ0v) is 14.9. The third kappa shape index (κ3) is 4.40. The van der Waals surface area contributed by atoms with E-state index in [-0.39, 0.29) is 30.3 Å². The van der Waals surface area contributed by atoms with Gasteiger partial charge in [-0.3, -0.25) is 14.1 Å². The number of carbonyl (C=O) groups excluding carboxylic acids is 1. The normalized spacial score (nSPS) is 11.4. The molecule has 0 aliphatic carbocycles. The number of hydrogen-bond donors (Lipinski definition) is 1. The Bertz CT molecular complexity index is 867. The second kappa shape index (κ2) is 7.71. The molecule has 0 saturated heterocycles. The van der Waals surface area contributed by atoms with Crippen LogP contribution in [0.4, 0.5) is 10.1 Å². The Morgan fingerprint density at radius 2 is 2.00 bits per heavy atom. The van der Waals surface area contributed by atoms with Crippen LogP contribution < -0.4 is 10.0 Å². The van der Waals surface area contributed by atoms with Gasteiger partial charge in [-0.2, -0.15) is 0 Å². The van der Waals surface area contributed by atoms with Gasteiger partial charge in [0.15, 0.2) is 5.78 Å². The van der Waals surface area contributed by atoms with E-state index < -0.39 is 15.8 Å². The van der Waals surface area contributed by atoms with Gasteiger partial charge in [0.05, 0.1) is 30.2 Å². The molecule has 2 rings (SSSR count). The summed E-state index contributed by atoms with van der Waals surface area (Å²) in [5, 5.41) is 0. The minimum Gasteiger partial charge on any atom is -0.324 e. The maximum absolute atomic E-state index is 13.9. The zero-order chi connectivity index (χ0) is 18.6. The van der Waals surface area contributed by atoms with Crippen LogP contribution in [0.1, 0.15) is 28.5 Å². The Hall–Kier alpha value is -2.32. The summed E-state index contributed by atoms with van der Waals surface area (Å²) < 4.78 is 39.8. The quantitative estimate of drug-likeness (QED) is 0.758. The summed E-state index contributed by atoms with van der Waals surface area (Å²) in [7, 11) is -3.63. The van der Waals surface area contributed by atoms with Gasteiger partial charge in [0.2, 0.25) is 10.0 Å². The molecule has 0 atom stereocenters. The van der Waals surface area contributed by atoms with Crippen molar-refractivity contribution in [2.45, 2.75) is 20.4 Å². The first kappa shape index (κ1) is 19.0. The van der Waals surface area contributed by atoms with E-state index in [1.54, 1.807) is 25.1 Å². The maximum atomic E-state index is 13.9. The summed E-state index contributed by atoms with van der Waals surface area (Å²) in [4.78, 5) is 15.7. The van der Waals surface area contributed by atoms with E-state index in [0.29, 0.717) is 16.8 Å². The lowest BCUT2D eigenvalue weighted by Gasteiger charge is -2.24. The van der Waals surface area contributed by atoms with Gasteiger partial charge in [-0.05, 0) is 43.7 Å². The number of halogens is 1. The number of ketones is 1. The van der Waals surface area contributed by atoms with Gasteiger partial charge in [-0.1, -0.05) is 6.07 Å². The van der Waals surface area contributed by atoms with Gasteiger partial charge in [0.1, 0.15) is 5.82 Å². The molecule has 1 aromatic carbocycles. The molecular weight excluding hydrogens is 345 g/mol. The molecule has 0 aliphatic rings. The molecule has 2 aromatic rings. The van der Waals surface area contributed by atoms with Crippen molar-refractivity contribution < 1.29 is 17.6 Å². The number of benzene rings is 1. The van der Waals surface area contributed by atoms with Crippen LogP contribution in [0, 0.1) is 12.7 Å². The number of pyridine rings is 1. The molecule has 2 N–H and O–H groups in total. The highest BCUT2D eigenvalue weighted by atomic mass is 32.2. The predicted molar refractivity (Wildman–Crippen MR) is 94.4 cm³/mol. The molecular formula is C17H20FN3O3S. The van der Waals surface area contributed by atoms with Crippen molar-refractivity contribution in [3.05, 3.63) is 59.2 Å². The summed E-state index contributed by atoms with van der Waals surface area (Å²) >= 11 is 0. The van der Waals surface area contributed by atoms with Gasteiger partial charge < -0.3 is 5.73 Å². The van der Waals surface area contributed by atoms with E-state index in [9.17, 15) is 17.6 Å². The van der Waals surface area contributed by atoms with Crippen molar-refractivity contribution in [2.75, 3.05) is 16.6 Å². The Morgan fingerprint density at radius 1 is 1.28 bits per heavy atom. The average Bonchev–Trinajstić information content (AvgIpc) is 2.61. The number of carbonyl (C=O) groups is 1. The van der Waals surface area contributed by atoms with E-state index in [4.69, 9.17) is 5.73 Å². The fraction of sp³-hybridized carbons (Fsp3) is 0.294. The van der Waals surface area contributed by atoms with Crippen LogP contribution in [0.15, 0.2) is 36.5 Å². The van der Waals surface area contributed by atoms with Gasteiger partial charge in [-0.15, -0.1) is 0 Å². The number of Topliss-reactive ketones (excluding diaryl/α,β-unsaturated/α-hetero) is 1. The van der Waals surface area contributed by atoms with E-state index in [1.165, 1.54) is 25.3 Å². The lowest BCUT2D eigenvalue weighted by atomic mass is 10.2. The minimum absolute atomic E-state index is 0.0598. The Labute approximate surface area is 146 Å². The zero-order valence-electron chi connectivity index (χ0n) is 14.1. The number of anilines is 1. The molecule has 0 bridgehead atoms. The molecule has 1 heterocycles. The van der Waals surface area contributed by atoms with Crippen LogP contribution in [0.25, 0.3) is 0 Å². The Kier molecular flexibility index (Phi) is 5.86. The van der Waals surface area contributed by atoms with E-state index >= 15 is 0 Å². The number of aromatic nitrogens is 1. The topological polar surface area (TPSA) is 93.4 Å². The predicted octanol–water partition coefficient (Wildman–Crippen LogP) is 2.03. The molecule has 134 valence electrons. The fourth-order valence-electron chi connectivity index (χ4n) is 2.19. The van der Waals surface area contributed by atoms with Crippen molar-refractivity contribution in [1.82, 2.24) is 4.98 Å². The Morgan fingerprint density at radius 3 is 2.52 bits per heavy atom. The maximum Gasteiger partial charge on any atom is 0.235 e. The minimum atomic E-state index is -3.63. The molecule has 0 unspecified atom stereocenters. The molecule has 0 fully saturated rings. The van der Waals surface area contributed by atoms with Crippen LogP contribution in [0.2, 0.25) is 0 Å². The second-order valence-corrected chi connectivity index (χ2v) is 7.69. The van der Waals surface area contributed by atoms with Crippen LogP contribution in [-0.4, -0.2) is 31.5 Å². The third-order valence-electron chi connectivity index (χ3n) is 3.78. The van der Waals surface area contributed by atoms with Crippen molar-refractivity contribution in [3.8, 4) is 0 Å². The molecule has 6 nitrogen and oxygen atoms in total. The molecule has 0 saturated carbocycles. The molecule has 8 heteroatoms. The molecule has 0 spiro atoms. The number of rotatable bonds is 7. The second-order valence-electron chi connectivity index (χ2n) is 5.51. The number of aryl methyl sites for hydroxylation is 1. The summed E-state index contributed by atoms with van der Waals surface area (Å²) in [6, 6.07) is 7.38. The summed E-state index contributed by atoms with van der Waals surface area (Å²) in [5.41, 5.74) is 6.76. The average molecular weight is 365 g/mol.